The van der Waals surface area contributed by atoms with E-state index in [0.29, 0.717) is 11.5 Å². The summed E-state index contributed by atoms with van der Waals surface area (Å²) in [4.78, 5) is 4.44. The highest BCUT2D eigenvalue weighted by Gasteiger charge is 2.16. The van der Waals surface area contributed by atoms with Crippen molar-refractivity contribution in [3.8, 4) is 0 Å². The van der Waals surface area contributed by atoms with Gasteiger partial charge in [0.15, 0.2) is 0 Å². The number of rotatable bonds is 6. The van der Waals surface area contributed by atoms with Crippen LogP contribution in [0.1, 0.15) is 46.4 Å². The summed E-state index contributed by atoms with van der Waals surface area (Å²) in [5.74, 6) is 1.20. The van der Waals surface area contributed by atoms with E-state index in [0.717, 1.165) is 13.0 Å². The van der Waals surface area contributed by atoms with Crippen LogP contribution in [0.25, 0.3) is 0 Å². The molecule has 0 aromatic carbocycles. The van der Waals surface area contributed by atoms with Crippen molar-refractivity contribution < 1.29 is 0 Å². The van der Waals surface area contributed by atoms with E-state index in [1.54, 1.807) is 0 Å². The molecule has 0 saturated heterocycles. The molecule has 0 aliphatic carbocycles. The first-order valence-corrected chi connectivity index (χ1v) is 6.63. The topological polar surface area (TPSA) is 29.9 Å². The Hall–Kier alpha value is -0.830. The molecule has 1 aromatic heterocycles. The van der Waals surface area contributed by atoms with Crippen LogP contribution in [0.5, 0.6) is 0 Å². The maximum Gasteiger partial charge on any atom is 0.110 e. The predicted octanol–water partition coefficient (Wildman–Crippen LogP) is 2.86. The van der Waals surface area contributed by atoms with Gasteiger partial charge in [0, 0.05) is 31.4 Å². The van der Waals surface area contributed by atoms with Crippen LogP contribution in [0.15, 0.2) is 12.4 Å². The number of hydrogen-bond acceptors (Lipinski definition) is 2. The third-order valence-electron chi connectivity index (χ3n) is 3.22. The number of imidazole rings is 1. The molecule has 0 bridgehead atoms. The molecule has 1 atom stereocenters. The molecule has 0 fully saturated rings. The normalized spacial score (nSPS) is 13.9. The molecule has 17 heavy (non-hydrogen) atoms. The van der Waals surface area contributed by atoms with E-state index in [4.69, 9.17) is 0 Å². The van der Waals surface area contributed by atoms with Gasteiger partial charge >= 0.3 is 0 Å². The molecule has 1 heterocycles. The van der Waals surface area contributed by atoms with Gasteiger partial charge < -0.3 is 9.88 Å². The second-order valence-corrected chi connectivity index (χ2v) is 5.92. The third-order valence-corrected chi connectivity index (χ3v) is 3.22. The van der Waals surface area contributed by atoms with Crippen molar-refractivity contribution in [3.63, 3.8) is 0 Å². The molecule has 1 unspecified atom stereocenters. The quantitative estimate of drug-likeness (QED) is 0.824. The first-order valence-electron chi connectivity index (χ1n) is 6.63. The smallest absolute Gasteiger partial charge is 0.110 e. The SMILES string of the molecule is CCn1ccnc1CC(CCC(C)(C)C)NC. The van der Waals surface area contributed by atoms with Crippen molar-refractivity contribution in [2.24, 2.45) is 5.41 Å². The summed E-state index contributed by atoms with van der Waals surface area (Å²) in [6.45, 7) is 10.1. The molecule has 1 aromatic rings. The van der Waals surface area contributed by atoms with Crippen LogP contribution < -0.4 is 5.32 Å². The lowest BCUT2D eigenvalue weighted by atomic mass is 9.88. The van der Waals surface area contributed by atoms with Gasteiger partial charge in [0.05, 0.1) is 0 Å². The number of nitrogens with zero attached hydrogens (tertiary/aromatic N) is 2. The third kappa shape index (κ3) is 4.90. The summed E-state index contributed by atoms with van der Waals surface area (Å²) in [6.07, 6.45) is 7.43. The van der Waals surface area contributed by atoms with Crippen molar-refractivity contribution in [3.05, 3.63) is 18.2 Å². The molecule has 0 aliphatic rings. The number of aryl methyl sites for hydroxylation is 1. The highest BCUT2D eigenvalue weighted by Crippen LogP contribution is 2.22. The summed E-state index contributed by atoms with van der Waals surface area (Å²) in [7, 11) is 2.05. The fourth-order valence-corrected chi connectivity index (χ4v) is 1.99. The van der Waals surface area contributed by atoms with Crippen molar-refractivity contribution in [1.82, 2.24) is 14.9 Å². The van der Waals surface area contributed by atoms with Gasteiger partial charge in [-0.2, -0.15) is 0 Å². The van der Waals surface area contributed by atoms with Crippen molar-refractivity contribution >= 4 is 0 Å². The summed E-state index contributed by atoms with van der Waals surface area (Å²) in [5.41, 5.74) is 0.412. The second-order valence-electron chi connectivity index (χ2n) is 5.92. The lowest BCUT2D eigenvalue weighted by Gasteiger charge is -2.23. The van der Waals surface area contributed by atoms with Crippen LogP contribution in [-0.2, 0) is 13.0 Å². The fourth-order valence-electron chi connectivity index (χ4n) is 1.99. The van der Waals surface area contributed by atoms with Gasteiger partial charge in [-0.15, -0.1) is 0 Å². The van der Waals surface area contributed by atoms with Crippen LogP contribution >= 0.6 is 0 Å². The minimum absolute atomic E-state index is 0.412. The molecule has 0 spiro atoms. The minimum Gasteiger partial charge on any atom is -0.335 e. The summed E-state index contributed by atoms with van der Waals surface area (Å²) in [5, 5.41) is 3.41. The Kier molecular flexibility index (Phi) is 5.19. The average Bonchev–Trinajstić information content (AvgIpc) is 2.70. The van der Waals surface area contributed by atoms with E-state index in [1.165, 1.54) is 18.7 Å². The van der Waals surface area contributed by atoms with Gasteiger partial charge in [-0.1, -0.05) is 20.8 Å². The lowest BCUT2D eigenvalue weighted by molar-refractivity contribution is 0.332. The first kappa shape index (κ1) is 14.2. The van der Waals surface area contributed by atoms with Crippen molar-refractivity contribution in [2.75, 3.05) is 7.05 Å². The fraction of sp³-hybridized carbons (Fsp3) is 0.786. The molecule has 98 valence electrons. The Morgan fingerprint density at radius 1 is 1.41 bits per heavy atom. The zero-order chi connectivity index (χ0) is 12.9. The molecular formula is C14H27N3. The second kappa shape index (κ2) is 6.20. The monoisotopic (exact) mass is 237 g/mol. The van der Waals surface area contributed by atoms with E-state index >= 15 is 0 Å². The molecular weight excluding hydrogens is 210 g/mol. The highest BCUT2D eigenvalue weighted by atomic mass is 15.1. The number of hydrogen-bond donors (Lipinski definition) is 1. The lowest BCUT2D eigenvalue weighted by Crippen LogP contribution is -2.30. The van der Waals surface area contributed by atoms with Gasteiger partial charge in [-0.25, -0.2) is 4.98 Å². The Bertz CT molecular complexity index is 322. The van der Waals surface area contributed by atoms with Crippen LogP contribution in [-0.4, -0.2) is 22.6 Å². The number of nitrogens with one attached hydrogen (secondary N) is 1. The van der Waals surface area contributed by atoms with E-state index in [9.17, 15) is 0 Å². The van der Waals surface area contributed by atoms with Crippen LogP contribution in [0.2, 0.25) is 0 Å². The minimum atomic E-state index is 0.412. The van der Waals surface area contributed by atoms with Gasteiger partial charge in [-0.05, 0) is 32.2 Å². The summed E-state index contributed by atoms with van der Waals surface area (Å²) in [6, 6.07) is 0.530. The molecule has 1 N–H and O–H groups in total. The zero-order valence-electron chi connectivity index (χ0n) is 12.0. The molecule has 1 rings (SSSR count). The van der Waals surface area contributed by atoms with E-state index in [1.807, 2.05) is 13.2 Å². The summed E-state index contributed by atoms with van der Waals surface area (Å²) >= 11 is 0. The van der Waals surface area contributed by atoms with Gasteiger partial charge in [0.25, 0.3) is 0 Å². The Morgan fingerprint density at radius 3 is 2.65 bits per heavy atom. The number of likely N-dealkylation sites (N-methyl/N-ethyl adjacent to an activating group) is 1. The number of aromatic nitrogens is 2. The average molecular weight is 237 g/mol. The van der Waals surface area contributed by atoms with E-state index in [-0.39, 0.29) is 0 Å². The molecule has 0 aliphatic heterocycles. The molecule has 3 nitrogen and oxygen atoms in total. The van der Waals surface area contributed by atoms with Gasteiger partial charge in [0.2, 0.25) is 0 Å². The zero-order valence-corrected chi connectivity index (χ0v) is 12.0. The Balaban J connectivity index is 2.52. The Morgan fingerprint density at radius 2 is 2.12 bits per heavy atom. The molecule has 3 heteroatoms. The van der Waals surface area contributed by atoms with Crippen molar-refractivity contribution in [1.29, 1.82) is 0 Å². The summed E-state index contributed by atoms with van der Waals surface area (Å²) < 4.78 is 2.22. The maximum atomic E-state index is 4.44. The van der Waals surface area contributed by atoms with Gasteiger partial charge in [0.1, 0.15) is 5.82 Å². The Labute approximate surface area is 106 Å². The van der Waals surface area contributed by atoms with Crippen LogP contribution in [0.3, 0.4) is 0 Å². The first-order chi connectivity index (χ1) is 7.96. The van der Waals surface area contributed by atoms with Gasteiger partial charge in [-0.3, -0.25) is 0 Å². The van der Waals surface area contributed by atoms with Crippen LogP contribution in [0, 0.1) is 5.41 Å². The maximum absolute atomic E-state index is 4.44. The molecule has 0 saturated carbocycles. The standard InChI is InChI=1S/C14H27N3/c1-6-17-10-9-16-13(17)11-12(15-5)7-8-14(2,3)4/h9-10,12,15H,6-8,11H2,1-5H3. The predicted molar refractivity (Wildman–Crippen MR) is 73.1 cm³/mol. The largest absolute Gasteiger partial charge is 0.335 e. The molecule has 0 amide bonds. The van der Waals surface area contributed by atoms with Crippen LogP contribution in [0.4, 0.5) is 0 Å². The van der Waals surface area contributed by atoms with E-state index in [2.05, 4.69) is 48.8 Å². The van der Waals surface area contributed by atoms with Crippen molar-refractivity contribution in [2.45, 2.75) is 59.5 Å². The highest BCUT2D eigenvalue weighted by molar-refractivity contribution is 4.95. The van der Waals surface area contributed by atoms with E-state index < -0.39 is 0 Å². The molecule has 0 radical (unpaired) electrons.